The molecule has 0 saturated heterocycles. The van der Waals surface area contributed by atoms with E-state index in [0.29, 0.717) is 5.56 Å². The molecule has 0 aliphatic heterocycles. The number of methoxy groups -OCH3 is 1. The number of carbonyl (C=O) groups is 2. The predicted molar refractivity (Wildman–Crippen MR) is 114 cm³/mol. The van der Waals surface area contributed by atoms with Crippen LogP contribution in [-0.2, 0) is 17.7 Å². The Bertz CT molecular complexity index is 1130. The fourth-order valence-electron chi connectivity index (χ4n) is 2.94. The number of likely N-dealkylation sites (N-methyl/N-ethyl adjacent to an activating group) is 1. The Morgan fingerprint density at radius 3 is 2.52 bits per heavy atom. The Morgan fingerprint density at radius 1 is 1.15 bits per heavy atom. The summed E-state index contributed by atoms with van der Waals surface area (Å²) in [5.74, 6) is -3.22. The van der Waals surface area contributed by atoms with E-state index in [1.165, 1.54) is 49.5 Å². The molecule has 0 saturated carbocycles. The lowest BCUT2D eigenvalue weighted by Gasteiger charge is -2.26. The van der Waals surface area contributed by atoms with Crippen LogP contribution in [0.2, 0.25) is 0 Å². The number of carbonyl (C=O) groups excluding carboxylic acids is 2. The summed E-state index contributed by atoms with van der Waals surface area (Å²) >= 11 is 0. The monoisotopic (exact) mass is 455 g/mol. The van der Waals surface area contributed by atoms with Gasteiger partial charge < -0.3 is 25.2 Å². The molecule has 2 amide bonds. The SMILES string of the molecule is COC(Cc1nc(O)c(O)c(C(=O)NCc2ccc(F)cc2)n1)N(C)C(=O)c1ccccn1. The fraction of sp³-hybridized carbons (Fsp3) is 0.227. The lowest BCUT2D eigenvalue weighted by atomic mass is 10.2. The third-order valence-electron chi connectivity index (χ3n) is 4.76. The van der Waals surface area contributed by atoms with Gasteiger partial charge in [0.05, 0.1) is 6.42 Å². The van der Waals surface area contributed by atoms with E-state index in [1.54, 1.807) is 18.2 Å². The van der Waals surface area contributed by atoms with Crippen molar-refractivity contribution in [3.8, 4) is 11.6 Å². The molecule has 1 atom stereocenters. The van der Waals surface area contributed by atoms with Crippen LogP contribution in [-0.4, -0.2) is 62.3 Å². The zero-order valence-electron chi connectivity index (χ0n) is 17.9. The van der Waals surface area contributed by atoms with Gasteiger partial charge in [-0.25, -0.2) is 9.37 Å². The number of hydrogen-bond donors (Lipinski definition) is 3. The van der Waals surface area contributed by atoms with Crippen molar-refractivity contribution in [2.75, 3.05) is 14.2 Å². The lowest BCUT2D eigenvalue weighted by molar-refractivity contribution is -0.0101. The third kappa shape index (κ3) is 5.77. The number of hydrogen-bond acceptors (Lipinski definition) is 8. The summed E-state index contributed by atoms with van der Waals surface area (Å²) in [5, 5.41) is 22.6. The van der Waals surface area contributed by atoms with Crippen LogP contribution in [0.25, 0.3) is 0 Å². The van der Waals surface area contributed by atoms with Crippen LogP contribution >= 0.6 is 0 Å². The molecule has 1 unspecified atom stereocenters. The van der Waals surface area contributed by atoms with Crippen LogP contribution in [0.3, 0.4) is 0 Å². The van der Waals surface area contributed by atoms with E-state index >= 15 is 0 Å². The van der Waals surface area contributed by atoms with Gasteiger partial charge in [0, 0.05) is 26.9 Å². The molecule has 1 aromatic carbocycles. The molecule has 33 heavy (non-hydrogen) atoms. The van der Waals surface area contributed by atoms with E-state index in [4.69, 9.17) is 4.74 Å². The van der Waals surface area contributed by atoms with E-state index in [9.17, 15) is 24.2 Å². The van der Waals surface area contributed by atoms with E-state index in [1.807, 2.05) is 0 Å². The maximum Gasteiger partial charge on any atom is 0.274 e. The van der Waals surface area contributed by atoms with Crippen molar-refractivity contribution in [3.63, 3.8) is 0 Å². The molecule has 172 valence electrons. The minimum atomic E-state index is -0.849. The van der Waals surface area contributed by atoms with Crippen molar-refractivity contribution in [1.82, 2.24) is 25.2 Å². The fourth-order valence-corrected chi connectivity index (χ4v) is 2.94. The first kappa shape index (κ1) is 23.5. The number of nitrogens with one attached hydrogen (secondary N) is 1. The highest BCUT2D eigenvalue weighted by molar-refractivity contribution is 5.95. The smallest absolute Gasteiger partial charge is 0.274 e. The van der Waals surface area contributed by atoms with Crippen molar-refractivity contribution < 1.29 is 28.9 Å². The van der Waals surface area contributed by atoms with Crippen molar-refractivity contribution >= 4 is 11.8 Å². The van der Waals surface area contributed by atoms with Gasteiger partial charge in [-0.15, -0.1) is 0 Å². The number of pyridine rings is 1. The number of rotatable bonds is 8. The molecular weight excluding hydrogens is 433 g/mol. The van der Waals surface area contributed by atoms with Crippen LogP contribution in [0.1, 0.15) is 32.4 Å². The quantitative estimate of drug-likeness (QED) is 0.436. The molecule has 0 fully saturated rings. The average molecular weight is 455 g/mol. The Morgan fingerprint density at radius 2 is 1.88 bits per heavy atom. The first-order valence-corrected chi connectivity index (χ1v) is 9.82. The summed E-state index contributed by atoms with van der Waals surface area (Å²) in [5.41, 5.74) is 0.377. The van der Waals surface area contributed by atoms with Gasteiger partial charge in [-0.3, -0.25) is 14.6 Å². The highest BCUT2D eigenvalue weighted by atomic mass is 19.1. The van der Waals surface area contributed by atoms with E-state index in [2.05, 4.69) is 20.3 Å². The normalized spacial score (nSPS) is 11.6. The largest absolute Gasteiger partial charge is 0.501 e. The minimum Gasteiger partial charge on any atom is -0.501 e. The van der Waals surface area contributed by atoms with E-state index < -0.39 is 41.2 Å². The van der Waals surface area contributed by atoms with Gasteiger partial charge in [-0.05, 0) is 29.8 Å². The number of ether oxygens (including phenoxy) is 1. The maximum absolute atomic E-state index is 13.0. The third-order valence-corrected chi connectivity index (χ3v) is 4.76. The van der Waals surface area contributed by atoms with Crippen LogP contribution in [0.4, 0.5) is 4.39 Å². The van der Waals surface area contributed by atoms with E-state index in [-0.39, 0.29) is 24.5 Å². The number of nitrogens with zero attached hydrogens (tertiary/aromatic N) is 4. The Labute approximate surface area is 188 Å². The lowest BCUT2D eigenvalue weighted by Crippen LogP contribution is -2.40. The summed E-state index contributed by atoms with van der Waals surface area (Å²) in [4.78, 5) is 38.3. The number of amides is 2. The van der Waals surface area contributed by atoms with Gasteiger partial charge in [0.15, 0.2) is 5.69 Å². The molecule has 0 radical (unpaired) electrons. The first-order valence-electron chi connectivity index (χ1n) is 9.82. The molecule has 0 aliphatic carbocycles. The summed E-state index contributed by atoms with van der Waals surface area (Å²) in [6.07, 6.45) is 0.553. The number of halogens is 1. The van der Waals surface area contributed by atoms with Crippen molar-refractivity contribution in [2.24, 2.45) is 0 Å². The van der Waals surface area contributed by atoms with Crippen LogP contribution in [0.5, 0.6) is 11.6 Å². The zero-order chi connectivity index (χ0) is 24.0. The number of aromatic hydroxyl groups is 2. The Kier molecular flexibility index (Phi) is 7.46. The zero-order valence-corrected chi connectivity index (χ0v) is 17.9. The van der Waals surface area contributed by atoms with Gasteiger partial charge >= 0.3 is 0 Å². The highest BCUT2D eigenvalue weighted by Crippen LogP contribution is 2.26. The second-order valence-electron chi connectivity index (χ2n) is 7.00. The first-order chi connectivity index (χ1) is 15.8. The molecule has 0 bridgehead atoms. The van der Waals surface area contributed by atoms with Crippen LogP contribution in [0.15, 0.2) is 48.7 Å². The van der Waals surface area contributed by atoms with Crippen molar-refractivity contribution in [3.05, 3.63) is 77.3 Å². The molecule has 3 aromatic rings. The Hall–Kier alpha value is -4.12. The second-order valence-corrected chi connectivity index (χ2v) is 7.00. The summed E-state index contributed by atoms with van der Waals surface area (Å²) < 4.78 is 18.4. The molecule has 3 rings (SSSR count). The highest BCUT2D eigenvalue weighted by Gasteiger charge is 2.26. The minimum absolute atomic E-state index is 0.0373. The Balaban J connectivity index is 1.75. The van der Waals surface area contributed by atoms with Gasteiger partial charge in [0.2, 0.25) is 5.75 Å². The van der Waals surface area contributed by atoms with Crippen LogP contribution < -0.4 is 5.32 Å². The standard InChI is InChI=1S/C22H22FN5O5/c1-28(22(32)15-5-3-4-10-24-15)17(33-2)11-16-26-18(19(29)21(31)27-16)20(30)25-12-13-6-8-14(23)9-7-13/h3-10,17,29H,11-12H2,1-2H3,(H,25,30)(H,26,27,31). The molecule has 11 heteroatoms. The van der Waals surface area contributed by atoms with Gasteiger partial charge in [-0.2, -0.15) is 4.98 Å². The molecule has 2 heterocycles. The number of benzene rings is 1. The van der Waals surface area contributed by atoms with Gasteiger partial charge in [0.25, 0.3) is 17.7 Å². The van der Waals surface area contributed by atoms with Crippen molar-refractivity contribution in [1.29, 1.82) is 0 Å². The van der Waals surface area contributed by atoms with Gasteiger partial charge in [-0.1, -0.05) is 18.2 Å². The molecule has 0 aliphatic rings. The molecule has 2 aromatic heterocycles. The van der Waals surface area contributed by atoms with Crippen molar-refractivity contribution in [2.45, 2.75) is 19.2 Å². The summed E-state index contributed by atoms with van der Waals surface area (Å²) in [6.45, 7) is 0.0423. The topological polar surface area (TPSA) is 138 Å². The molecule has 3 N–H and O–H groups in total. The molecule has 10 nitrogen and oxygen atoms in total. The van der Waals surface area contributed by atoms with Gasteiger partial charge in [0.1, 0.15) is 23.6 Å². The van der Waals surface area contributed by atoms with Crippen LogP contribution in [0, 0.1) is 5.82 Å². The maximum atomic E-state index is 13.0. The van der Waals surface area contributed by atoms with E-state index in [0.717, 1.165) is 0 Å². The molecular formula is C22H22FN5O5. The summed E-state index contributed by atoms with van der Waals surface area (Å²) in [7, 11) is 2.88. The molecule has 0 spiro atoms. The summed E-state index contributed by atoms with van der Waals surface area (Å²) in [6, 6.07) is 10.4. The average Bonchev–Trinajstić information content (AvgIpc) is 2.83. The number of aromatic nitrogens is 3. The predicted octanol–water partition coefficient (Wildman–Crippen LogP) is 1.64. The second kappa shape index (κ2) is 10.5.